The molecule has 0 bridgehead atoms. The Bertz CT molecular complexity index is 644. The first-order valence-corrected chi connectivity index (χ1v) is 10.00. The number of thiophene rings is 1. The molecule has 0 aromatic carbocycles. The summed E-state index contributed by atoms with van der Waals surface area (Å²) in [5.74, 6) is 0.312. The Morgan fingerprint density at radius 1 is 1.19 bits per heavy atom. The van der Waals surface area contributed by atoms with E-state index in [0.29, 0.717) is 29.7 Å². The van der Waals surface area contributed by atoms with Gasteiger partial charge >= 0.3 is 5.97 Å². The van der Waals surface area contributed by atoms with Gasteiger partial charge in [0.2, 0.25) is 5.91 Å². The van der Waals surface area contributed by atoms with Crippen molar-refractivity contribution in [2.45, 2.75) is 45.6 Å². The van der Waals surface area contributed by atoms with Gasteiger partial charge in [0.05, 0.1) is 32.1 Å². The fourth-order valence-corrected chi connectivity index (χ4v) is 4.66. The maximum absolute atomic E-state index is 13.4. The quantitative estimate of drug-likeness (QED) is 0.748. The number of carbonyl (C=O) groups is 2. The number of carbonyl (C=O) groups excluding carboxylic acids is 2. The summed E-state index contributed by atoms with van der Waals surface area (Å²) in [7, 11) is 1.36. The van der Waals surface area contributed by atoms with Crippen LogP contribution in [0.15, 0.2) is 6.07 Å². The highest BCUT2D eigenvalue weighted by Crippen LogP contribution is 2.36. The van der Waals surface area contributed by atoms with E-state index in [2.05, 4.69) is 6.92 Å². The van der Waals surface area contributed by atoms with E-state index in [-0.39, 0.29) is 24.7 Å². The van der Waals surface area contributed by atoms with Gasteiger partial charge in [-0.05, 0) is 44.6 Å². The van der Waals surface area contributed by atoms with Crippen molar-refractivity contribution in [3.63, 3.8) is 0 Å². The number of hydrogen-bond acceptors (Lipinski definition) is 6. The molecule has 2 aliphatic rings. The van der Waals surface area contributed by atoms with Crippen LogP contribution in [0.1, 0.15) is 47.2 Å². The third-order valence-corrected chi connectivity index (χ3v) is 6.24. The third-order valence-electron chi connectivity index (χ3n) is 5.22. The summed E-state index contributed by atoms with van der Waals surface area (Å²) in [6, 6.07) is 1.67. The van der Waals surface area contributed by atoms with Crippen LogP contribution in [0, 0.1) is 18.8 Å². The van der Waals surface area contributed by atoms with Crippen molar-refractivity contribution in [1.82, 2.24) is 0 Å². The lowest BCUT2D eigenvalue weighted by Gasteiger charge is -2.37. The second kappa shape index (κ2) is 8.50. The number of nitrogens with zero attached hydrogens (tertiary/aromatic N) is 1. The van der Waals surface area contributed by atoms with Gasteiger partial charge in [0.15, 0.2) is 0 Å². The molecule has 1 aliphatic carbocycles. The number of aryl methyl sites for hydroxylation is 1. The van der Waals surface area contributed by atoms with Crippen LogP contribution in [-0.2, 0) is 19.0 Å². The van der Waals surface area contributed by atoms with Gasteiger partial charge in [0.25, 0.3) is 0 Å². The van der Waals surface area contributed by atoms with Crippen molar-refractivity contribution < 1.29 is 23.8 Å². The summed E-state index contributed by atoms with van der Waals surface area (Å²) in [5, 5.41) is 0. The molecular formula is C19H27NO5S. The van der Waals surface area contributed by atoms with Crippen LogP contribution < -0.4 is 4.90 Å². The van der Waals surface area contributed by atoms with Gasteiger partial charge in [-0.1, -0.05) is 6.92 Å². The number of rotatable bonds is 4. The molecule has 1 aliphatic heterocycles. The molecule has 7 heteroatoms. The molecule has 1 saturated heterocycles. The highest BCUT2D eigenvalue weighted by molar-refractivity contribution is 7.14. The monoisotopic (exact) mass is 381 g/mol. The van der Waals surface area contributed by atoms with E-state index in [1.807, 2.05) is 13.0 Å². The van der Waals surface area contributed by atoms with Crippen LogP contribution in [-0.4, -0.2) is 45.0 Å². The number of anilines is 1. The maximum Gasteiger partial charge on any atom is 0.350 e. The Kier molecular flexibility index (Phi) is 6.32. The zero-order chi connectivity index (χ0) is 18.7. The largest absolute Gasteiger partial charge is 0.465 e. The minimum absolute atomic E-state index is 0.0150. The number of hydrogen-bond donors (Lipinski definition) is 0. The first kappa shape index (κ1) is 19.3. The molecule has 1 aromatic heterocycles. The molecule has 2 heterocycles. The van der Waals surface area contributed by atoms with E-state index in [4.69, 9.17) is 14.2 Å². The average Bonchev–Trinajstić information content (AvgIpc) is 3.04. The Labute approximate surface area is 158 Å². The normalized spacial score (nSPS) is 24.3. The minimum atomic E-state index is -0.411. The molecule has 26 heavy (non-hydrogen) atoms. The van der Waals surface area contributed by atoms with Gasteiger partial charge in [-0.2, -0.15) is 0 Å². The van der Waals surface area contributed by atoms with Crippen molar-refractivity contribution in [1.29, 1.82) is 0 Å². The standard InChI is InChI=1S/C19H27NO5S/c1-12-4-6-14(7-5-12)18(21)20(15-9-24-11-25-10-15)16-8-13(2)26-17(16)19(22)23-3/h8,12,14-15H,4-7,9-11H2,1-3H3. The Morgan fingerprint density at radius 2 is 1.85 bits per heavy atom. The van der Waals surface area contributed by atoms with Crippen LogP contribution in [0.4, 0.5) is 5.69 Å². The lowest BCUT2D eigenvalue weighted by molar-refractivity contribution is -0.131. The van der Waals surface area contributed by atoms with E-state index in [9.17, 15) is 9.59 Å². The second-order valence-electron chi connectivity index (χ2n) is 7.24. The molecule has 0 radical (unpaired) electrons. The van der Waals surface area contributed by atoms with Gasteiger partial charge in [0, 0.05) is 10.8 Å². The number of ether oxygens (including phenoxy) is 3. The molecule has 144 valence electrons. The zero-order valence-electron chi connectivity index (χ0n) is 15.7. The SMILES string of the molecule is COC(=O)c1sc(C)cc1N(C(=O)C1CCC(C)CC1)C1COCOC1. The predicted octanol–water partition coefficient (Wildman–Crippen LogP) is 3.38. The van der Waals surface area contributed by atoms with Crippen LogP contribution >= 0.6 is 11.3 Å². The molecule has 0 N–H and O–H groups in total. The smallest absolute Gasteiger partial charge is 0.350 e. The number of methoxy groups -OCH3 is 1. The summed E-state index contributed by atoms with van der Waals surface area (Å²) >= 11 is 1.35. The molecular weight excluding hydrogens is 354 g/mol. The van der Waals surface area contributed by atoms with Crippen LogP contribution in [0.2, 0.25) is 0 Å². The highest BCUT2D eigenvalue weighted by Gasteiger charge is 2.36. The fraction of sp³-hybridized carbons (Fsp3) is 0.684. The number of amides is 1. The summed E-state index contributed by atoms with van der Waals surface area (Å²) < 4.78 is 15.8. The van der Waals surface area contributed by atoms with Gasteiger partial charge in [-0.25, -0.2) is 4.79 Å². The summed E-state index contributed by atoms with van der Waals surface area (Å²) in [5.41, 5.74) is 0.627. The fourth-order valence-electron chi connectivity index (χ4n) is 3.74. The topological polar surface area (TPSA) is 65.1 Å². The molecule has 0 unspecified atom stereocenters. The Morgan fingerprint density at radius 3 is 2.46 bits per heavy atom. The van der Waals surface area contributed by atoms with Gasteiger partial charge < -0.3 is 19.1 Å². The van der Waals surface area contributed by atoms with Crippen molar-refractivity contribution >= 4 is 28.9 Å². The van der Waals surface area contributed by atoms with E-state index < -0.39 is 5.97 Å². The molecule has 0 atom stereocenters. The third kappa shape index (κ3) is 4.10. The van der Waals surface area contributed by atoms with Crippen LogP contribution in [0.5, 0.6) is 0 Å². The summed E-state index contributed by atoms with van der Waals surface area (Å²) in [6.07, 6.45) is 3.91. The molecule has 1 saturated carbocycles. The predicted molar refractivity (Wildman–Crippen MR) is 99.6 cm³/mol. The molecule has 3 rings (SSSR count). The molecule has 6 nitrogen and oxygen atoms in total. The van der Waals surface area contributed by atoms with Crippen molar-refractivity contribution in [3.8, 4) is 0 Å². The van der Waals surface area contributed by atoms with Crippen molar-refractivity contribution in [2.75, 3.05) is 32.0 Å². The van der Waals surface area contributed by atoms with Gasteiger partial charge in [-0.15, -0.1) is 11.3 Å². The molecule has 0 spiro atoms. The Balaban J connectivity index is 1.93. The van der Waals surface area contributed by atoms with E-state index in [1.54, 1.807) is 4.90 Å². The van der Waals surface area contributed by atoms with Gasteiger partial charge in [0.1, 0.15) is 11.7 Å². The number of esters is 1. The zero-order valence-corrected chi connectivity index (χ0v) is 16.5. The highest BCUT2D eigenvalue weighted by atomic mass is 32.1. The van der Waals surface area contributed by atoms with E-state index >= 15 is 0 Å². The Hall–Kier alpha value is -1.44. The summed E-state index contributed by atoms with van der Waals surface area (Å²) in [6.45, 7) is 5.22. The van der Waals surface area contributed by atoms with Gasteiger partial charge in [-0.3, -0.25) is 4.79 Å². The molecule has 1 amide bonds. The summed E-state index contributed by atoms with van der Waals surface area (Å²) in [4.78, 5) is 28.9. The minimum Gasteiger partial charge on any atom is -0.465 e. The second-order valence-corrected chi connectivity index (χ2v) is 8.50. The van der Waals surface area contributed by atoms with Crippen LogP contribution in [0.25, 0.3) is 0 Å². The average molecular weight is 381 g/mol. The van der Waals surface area contributed by atoms with E-state index in [0.717, 1.165) is 30.6 Å². The molecule has 1 aromatic rings. The van der Waals surface area contributed by atoms with Crippen LogP contribution in [0.3, 0.4) is 0 Å². The lowest BCUT2D eigenvalue weighted by Crippen LogP contribution is -2.51. The first-order valence-electron chi connectivity index (χ1n) is 9.18. The lowest BCUT2D eigenvalue weighted by atomic mass is 9.82. The first-order chi connectivity index (χ1) is 12.5. The maximum atomic E-state index is 13.4. The van der Waals surface area contributed by atoms with Crippen molar-refractivity contribution in [2.24, 2.45) is 11.8 Å². The molecule has 2 fully saturated rings. The van der Waals surface area contributed by atoms with Crippen molar-refractivity contribution in [3.05, 3.63) is 15.8 Å². The van der Waals surface area contributed by atoms with E-state index in [1.165, 1.54) is 18.4 Å².